The van der Waals surface area contributed by atoms with Crippen molar-refractivity contribution in [3.8, 4) is 0 Å². The van der Waals surface area contributed by atoms with Gasteiger partial charge in [0.2, 0.25) is 0 Å². The van der Waals surface area contributed by atoms with Crippen LogP contribution in [0.15, 0.2) is 54.9 Å². The summed E-state index contributed by atoms with van der Waals surface area (Å²) in [5.41, 5.74) is 0.688. The van der Waals surface area contributed by atoms with Crippen LogP contribution in [0.25, 0.3) is 10.8 Å². The molecule has 1 atom stereocenters. The van der Waals surface area contributed by atoms with Crippen molar-refractivity contribution >= 4 is 45.6 Å². The molecule has 3 rings (SSSR count). The van der Waals surface area contributed by atoms with E-state index >= 15 is 0 Å². The molecule has 134 valence electrons. The molecule has 0 saturated carbocycles. The first kappa shape index (κ1) is 18.4. The van der Waals surface area contributed by atoms with E-state index in [1.54, 1.807) is 19.2 Å². The zero-order chi connectivity index (χ0) is 18.7. The van der Waals surface area contributed by atoms with E-state index in [0.29, 0.717) is 17.7 Å². The maximum atomic E-state index is 13.6. The number of fused-ring (bicyclic) bond motifs is 1. The molecule has 2 aromatic carbocycles. The molecule has 0 aliphatic heterocycles. The number of carbonyl (C=O) groups is 1. The van der Waals surface area contributed by atoms with Gasteiger partial charge in [0.05, 0.1) is 16.3 Å². The Morgan fingerprint density at radius 1 is 1.19 bits per heavy atom. The van der Waals surface area contributed by atoms with Gasteiger partial charge in [0.1, 0.15) is 5.82 Å². The molecule has 1 unspecified atom stereocenters. The summed E-state index contributed by atoms with van der Waals surface area (Å²) in [5.74, 6) is -0.970. The molecule has 26 heavy (non-hydrogen) atoms. The number of aromatic nitrogens is 1. The van der Waals surface area contributed by atoms with E-state index < -0.39 is 16.8 Å². The Bertz CT molecular complexity index is 961. The number of hydrogen-bond acceptors (Lipinski definition) is 3. The number of rotatable bonds is 5. The minimum atomic E-state index is -1.34. The van der Waals surface area contributed by atoms with E-state index in [1.165, 1.54) is 18.3 Å². The third-order valence-electron chi connectivity index (χ3n) is 4.00. The standard InChI is InChI=1S/C19H16Cl2FN3O/c1-2-19(21,24-16-9-5-8-15(22)17(16)20)25-18(26)14-11-23-10-12-6-3-4-7-13(12)14/h3-11,24H,2H2,1H3,(H,25,26). The van der Waals surface area contributed by atoms with Gasteiger partial charge in [-0.05, 0) is 17.5 Å². The average Bonchev–Trinajstić information content (AvgIpc) is 2.65. The van der Waals surface area contributed by atoms with Crippen molar-refractivity contribution in [2.24, 2.45) is 0 Å². The summed E-state index contributed by atoms with van der Waals surface area (Å²) >= 11 is 12.5. The van der Waals surface area contributed by atoms with Crippen LogP contribution in [0.2, 0.25) is 5.02 Å². The molecule has 1 heterocycles. The molecular weight excluding hydrogens is 376 g/mol. The highest BCUT2D eigenvalue weighted by atomic mass is 35.5. The smallest absolute Gasteiger partial charge is 0.256 e. The number of nitrogens with zero attached hydrogens (tertiary/aromatic N) is 1. The van der Waals surface area contributed by atoms with E-state index in [4.69, 9.17) is 23.2 Å². The van der Waals surface area contributed by atoms with Gasteiger partial charge in [-0.2, -0.15) is 0 Å². The summed E-state index contributed by atoms with van der Waals surface area (Å²) in [6.07, 6.45) is 3.50. The van der Waals surface area contributed by atoms with Gasteiger partial charge in [0.15, 0.2) is 5.12 Å². The lowest BCUT2D eigenvalue weighted by atomic mass is 10.1. The van der Waals surface area contributed by atoms with E-state index in [1.807, 2.05) is 24.3 Å². The first-order chi connectivity index (χ1) is 12.4. The lowest BCUT2D eigenvalue weighted by molar-refractivity contribution is 0.0933. The predicted octanol–water partition coefficient (Wildman–Crippen LogP) is 5.17. The van der Waals surface area contributed by atoms with Crippen molar-refractivity contribution < 1.29 is 9.18 Å². The molecule has 0 aliphatic carbocycles. The maximum absolute atomic E-state index is 13.6. The summed E-state index contributed by atoms with van der Waals surface area (Å²) in [7, 11) is 0. The van der Waals surface area contributed by atoms with E-state index in [-0.39, 0.29) is 5.02 Å². The zero-order valence-corrected chi connectivity index (χ0v) is 15.4. The van der Waals surface area contributed by atoms with Gasteiger partial charge in [-0.3, -0.25) is 9.78 Å². The predicted molar refractivity (Wildman–Crippen MR) is 103 cm³/mol. The number of pyridine rings is 1. The van der Waals surface area contributed by atoms with E-state index in [0.717, 1.165) is 10.8 Å². The fourth-order valence-corrected chi connectivity index (χ4v) is 2.93. The zero-order valence-electron chi connectivity index (χ0n) is 13.9. The van der Waals surface area contributed by atoms with Crippen molar-refractivity contribution in [3.63, 3.8) is 0 Å². The highest BCUT2D eigenvalue weighted by molar-refractivity contribution is 6.34. The number of amides is 1. The first-order valence-electron chi connectivity index (χ1n) is 8.00. The normalized spacial score (nSPS) is 13.2. The third-order valence-corrected chi connectivity index (χ3v) is 4.84. The number of halogens is 3. The second-order valence-corrected chi connectivity index (χ2v) is 6.77. The molecule has 0 bridgehead atoms. The van der Waals surface area contributed by atoms with Gasteiger partial charge < -0.3 is 10.6 Å². The van der Waals surface area contributed by atoms with Crippen LogP contribution in [0, 0.1) is 5.82 Å². The van der Waals surface area contributed by atoms with Crippen LogP contribution in [-0.4, -0.2) is 16.0 Å². The third kappa shape index (κ3) is 3.74. The summed E-state index contributed by atoms with van der Waals surface area (Å²) < 4.78 is 13.6. The molecule has 0 fully saturated rings. The van der Waals surface area contributed by atoms with Crippen LogP contribution < -0.4 is 10.6 Å². The quantitative estimate of drug-likeness (QED) is 0.358. The molecule has 0 radical (unpaired) electrons. The molecular formula is C19H16Cl2FN3O. The van der Waals surface area contributed by atoms with Crippen LogP contribution in [0.3, 0.4) is 0 Å². The monoisotopic (exact) mass is 391 g/mol. The summed E-state index contributed by atoms with van der Waals surface area (Å²) in [6.45, 7) is 1.79. The fourth-order valence-electron chi connectivity index (χ4n) is 2.57. The Labute approximate surface area is 160 Å². The minimum absolute atomic E-state index is 0.0907. The molecule has 3 aromatic rings. The van der Waals surface area contributed by atoms with E-state index in [9.17, 15) is 9.18 Å². The lowest BCUT2D eigenvalue weighted by Crippen LogP contribution is -2.49. The average molecular weight is 392 g/mol. The Morgan fingerprint density at radius 2 is 1.96 bits per heavy atom. The Balaban J connectivity index is 1.89. The number of nitrogens with one attached hydrogen (secondary N) is 2. The summed E-state index contributed by atoms with van der Waals surface area (Å²) in [6, 6.07) is 11.8. The number of alkyl halides is 1. The molecule has 0 spiro atoms. The summed E-state index contributed by atoms with van der Waals surface area (Å²) in [4.78, 5) is 16.9. The van der Waals surface area contributed by atoms with Crippen molar-refractivity contribution in [1.29, 1.82) is 0 Å². The highest BCUT2D eigenvalue weighted by Crippen LogP contribution is 2.29. The molecule has 7 heteroatoms. The maximum Gasteiger partial charge on any atom is 0.256 e. The molecule has 0 aliphatic rings. The minimum Gasteiger partial charge on any atom is -0.349 e. The lowest BCUT2D eigenvalue weighted by Gasteiger charge is -2.30. The van der Waals surface area contributed by atoms with Gasteiger partial charge in [0.25, 0.3) is 5.91 Å². The molecule has 1 amide bonds. The number of anilines is 1. The van der Waals surface area contributed by atoms with Crippen molar-refractivity contribution in [1.82, 2.24) is 10.3 Å². The van der Waals surface area contributed by atoms with Crippen molar-refractivity contribution in [2.75, 3.05) is 5.32 Å². The Hall–Kier alpha value is -2.37. The van der Waals surface area contributed by atoms with Gasteiger partial charge in [-0.15, -0.1) is 0 Å². The second-order valence-electron chi connectivity index (χ2n) is 5.74. The van der Waals surface area contributed by atoms with Crippen LogP contribution in [0.4, 0.5) is 10.1 Å². The van der Waals surface area contributed by atoms with Crippen LogP contribution in [-0.2, 0) is 0 Å². The Morgan fingerprint density at radius 3 is 2.73 bits per heavy atom. The fraction of sp³-hybridized carbons (Fsp3) is 0.158. The molecule has 1 aromatic heterocycles. The van der Waals surface area contributed by atoms with Gasteiger partial charge in [-0.25, -0.2) is 4.39 Å². The topological polar surface area (TPSA) is 54.0 Å². The van der Waals surface area contributed by atoms with Crippen molar-refractivity contribution in [2.45, 2.75) is 18.5 Å². The highest BCUT2D eigenvalue weighted by Gasteiger charge is 2.29. The Kier molecular flexibility index (Phi) is 5.30. The van der Waals surface area contributed by atoms with Crippen LogP contribution >= 0.6 is 23.2 Å². The molecule has 4 nitrogen and oxygen atoms in total. The van der Waals surface area contributed by atoms with Gasteiger partial charge in [0, 0.05) is 24.2 Å². The number of carbonyl (C=O) groups excluding carboxylic acids is 1. The van der Waals surface area contributed by atoms with Gasteiger partial charge >= 0.3 is 0 Å². The van der Waals surface area contributed by atoms with E-state index in [2.05, 4.69) is 15.6 Å². The SMILES string of the molecule is CCC(Cl)(NC(=O)c1cncc2ccccc12)Nc1cccc(F)c1Cl. The number of benzene rings is 2. The first-order valence-corrected chi connectivity index (χ1v) is 8.75. The van der Waals surface area contributed by atoms with Crippen LogP contribution in [0.1, 0.15) is 23.7 Å². The van der Waals surface area contributed by atoms with Crippen LogP contribution in [0.5, 0.6) is 0 Å². The van der Waals surface area contributed by atoms with Gasteiger partial charge in [-0.1, -0.05) is 60.5 Å². The summed E-state index contributed by atoms with van der Waals surface area (Å²) in [5, 5.41) is 5.82. The largest absolute Gasteiger partial charge is 0.349 e. The number of hydrogen-bond donors (Lipinski definition) is 2. The molecule has 2 N–H and O–H groups in total. The second kappa shape index (κ2) is 7.48. The van der Waals surface area contributed by atoms with Crippen molar-refractivity contribution in [3.05, 3.63) is 71.3 Å². The molecule has 0 saturated heterocycles.